The molecule has 0 aromatic heterocycles. The molecule has 0 aliphatic carbocycles. The molecule has 1 aliphatic heterocycles. The third kappa shape index (κ3) is 1.90. The molecule has 1 N–H and O–H groups in total. The van der Waals surface area contributed by atoms with Crippen LogP contribution in [0.3, 0.4) is 0 Å². The van der Waals surface area contributed by atoms with Gasteiger partial charge in [0.1, 0.15) is 6.04 Å². The first kappa shape index (κ1) is 11.0. The van der Waals surface area contributed by atoms with Gasteiger partial charge in [-0.25, -0.2) is 0 Å². The van der Waals surface area contributed by atoms with Crippen LogP contribution in [0.2, 0.25) is 0 Å². The van der Waals surface area contributed by atoms with E-state index in [2.05, 4.69) is 28.4 Å². The summed E-state index contributed by atoms with van der Waals surface area (Å²) in [6.07, 6.45) is 2.24. The van der Waals surface area contributed by atoms with Crippen molar-refractivity contribution in [3.05, 3.63) is 29.8 Å². The van der Waals surface area contributed by atoms with Gasteiger partial charge in [-0.2, -0.15) is 0 Å². The Balaban J connectivity index is 2.28. The number of para-hydroxylation sites is 1. The van der Waals surface area contributed by atoms with Gasteiger partial charge in [-0.1, -0.05) is 18.2 Å². The highest BCUT2D eigenvalue weighted by molar-refractivity contribution is 5.85. The molecule has 0 radical (unpaired) electrons. The van der Waals surface area contributed by atoms with E-state index in [9.17, 15) is 4.79 Å². The first-order valence-corrected chi connectivity index (χ1v) is 5.80. The molecule has 16 heavy (non-hydrogen) atoms. The summed E-state index contributed by atoms with van der Waals surface area (Å²) in [5.41, 5.74) is 2.56. The molecule has 1 amide bonds. The fourth-order valence-electron chi connectivity index (χ4n) is 2.32. The number of carbonyl (C=O) groups is 1. The highest BCUT2D eigenvalue weighted by Gasteiger charge is 2.24. The second kappa shape index (κ2) is 4.56. The molecule has 1 atom stereocenters. The summed E-state index contributed by atoms with van der Waals surface area (Å²) in [4.78, 5) is 13.9. The minimum atomic E-state index is -0.0913. The molecule has 3 heteroatoms. The van der Waals surface area contributed by atoms with Gasteiger partial charge in [-0.15, -0.1) is 0 Å². The standard InChI is InChI=1S/C13H18N2O/c1-10(13(16)14-2)15-9-5-7-11-6-3-4-8-12(11)15/h3-4,6,8,10H,5,7,9H2,1-2H3,(H,14,16)/t10-/m1/s1. The third-order valence-corrected chi connectivity index (χ3v) is 3.24. The normalized spacial score (nSPS) is 16.5. The lowest BCUT2D eigenvalue weighted by atomic mass is 10.00. The second-order valence-electron chi connectivity index (χ2n) is 4.22. The van der Waals surface area contributed by atoms with Gasteiger partial charge < -0.3 is 10.2 Å². The van der Waals surface area contributed by atoms with Crippen LogP contribution in [0.5, 0.6) is 0 Å². The summed E-state index contributed by atoms with van der Waals surface area (Å²) in [6.45, 7) is 2.92. The third-order valence-electron chi connectivity index (χ3n) is 3.24. The Hall–Kier alpha value is -1.51. The summed E-state index contributed by atoms with van der Waals surface area (Å²) in [7, 11) is 1.69. The van der Waals surface area contributed by atoms with E-state index < -0.39 is 0 Å². The molecule has 0 bridgehead atoms. The Labute approximate surface area is 96.5 Å². The number of amides is 1. The number of hydrogen-bond donors (Lipinski definition) is 1. The maximum Gasteiger partial charge on any atom is 0.242 e. The quantitative estimate of drug-likeness (QED) is 0.817. The number of aryl methyl sites for hydroxylation is 1. The zero-order valence-corrected chi connectivity index (χ0v) is 9.86. The highest BCUT2D eigenvalue weighted by Crippen LogP contribution is 2.28. The zero-order chi connectivity index (χ0) is 11.5. The molecule has 86 valence electrons. The van der Waals surface area contributed by atoms with E-state index in [0.29, 0.717) is 0 Å². The zero-order valence-electron chi connectivity index (χ0n) is 9.86. The van der Waals surface area contributed by atoms with Crippen LogP contribution in [0.25, 0.3) is 0 Å². The number of benzene rings is 1. The van der Waals surface area contributed by atoms with E-state index in [0.717, 1.165) is 19.4 Å². The molecule has 0 saturated carbocycles. The van der Waals surface area contributed by atoms with Gasteiger partial charge in [0, 0.05) is 19.3 Å². The number of carbonyl (C=O) groups excluding carboxylic acids is 1. The SMILES string of the molecule is CNC(=O)[C@@H](C)N1CCCc2ccccc21. The van der Waals surface area contributed by atoms with Crippen LogP contribution < -0.4 is 10.2 Å². The van der Waals surface area contributed by atoms with Gasteiger partial charge in [-0.05, 0) is 31.4 Å². The van der Waals surface area contributed by atoms with Gasteiger partial charge in [0.25, 0.3) is 0 Å². The molecule has 2 rings (SSSR count). The largest absolute Gasteiger partial charge is 0.360 e. The number of likely N-dealkylation sites (N-methyl/N-ethyl adjacent to an activating group) is 1. The van der Waals surface area contributed by atoms with Crippen LogP contribution in [-0.4, -0.2) is 25.5 Å². The number of anilines is 1. The van der Waals surface area contributed by atoms with Crippen molar-refractivity contribution in [3.63, 3.8) is 0 Å². The summed E-state index contributed by atoms with van der Waals surface area (Å²) in [6, 6.07) is 8.26. The molecule has 1 aliphatic rings. The highest BCUT2D eigenvalue weighted by atomic mass is 16.2. The van der Waals surface area contributed by atoms with Crippen LogP contribution in [-0.2, 0) is 11.2 Å². The Bertz CT molecular complexity index is 389. The maximum atomic E-state index is 11.7. The van der Waals surface area contributed by atoms with E-state index in [1.807, 2.05) is 13.0 Å². The minimum absolute atomic E-state index is 0.0803. The average molecular weight is 218 g/mol. The van der Waals surface area contributed by atoms with Crippen molar-refractivity contribution in [3.8, 4) is 0 Å². The van der Waals surface area contributed by atoms with Crippen LogP contribution in [0.4, 0.5) is 5.69 Å². The van der Waals surface area contributed by atoms with Gasteiger partial charge >= 0.3 is 0 Å². The van der Waals surface area contributed by atoms with Crippen molar-refractivity contribution >= 4 is 11.6 Å². The molecule has 0 spiro atoms. The molecule has 0 fully saturated rings. The van der Waals surface area contributed by atoms with Crippen molar-refractivity contribution in [1.82, 2.24) is 5.32 Å². The lowest BCUT2D eigenvalue weighted by molar-refractivity contribution is -0.121. The Morgan fingerprint density at radius 2 is 2.19 bits per heavy atom. The fraction of sp³-hybridized carbons (Fsp3) is 0.462. The molecular weight excluding hydrogens is 200 g/mol. The molecule has 1 aromatic rings. The van der Waals surface area contributed by atoms with E-state index in [-0.39, 0.29) is 11.9 Å². The molecule has 3 nitrogen and oxygen atoms in total. The summed E-state index contributed by atoms with van der Waals surface area (Å²) in [5, 5.41) is 2.71. The number of hydrogen-bond acceptors (Lipinski definition) is 2. The predicted molar refractivity (Wildman–Crippen MR) is 65.6 cm³/mol. The van der Waals surface area contributed by atoms with E-state index >= 15 is 0 Å². The van der Waals surface area contributed by atoms with Gasteiger partial charge in [-0.3, -0.25) is 4.79 Å². The van der Waals surface area contributed by atoms with Crippen LogP contribution in [0.15, 0.2) is 24.3 Å². The van der Waals surface area contributed by atoms with Crippen molar-refractivity contribution in [2.45, 2.75) is 25.8 Å². The van der Waals surface area contributed by atoms with Crippen LogP contribution >= 0.6 is 0 Å². The number of nitrogens with one attached hydrogen (secondary N) is 1. The predicted octanol–water partition coefficient (Wildman–Crippen LogP) is 1.57. The second-order valence-corrected chi connectivity index (χ2v) is 4.22. The molecule has 0 saturated heterocycles. The molecule has 1 heterocycles. The molecular formula is C13H18N2O. The average Bonchev–Trinajstić information content (AvgIpc) is 2.36. The molecule has 0 unspecified atom stereocenters. The van der Waals surface area contributed by atoms with E-state index in [4.69, 9.17) is 0 Å². The number of nitrogens with zero attached hydrogens (tertiary/aromatic N) is 1. The van der Waals surface area contributed by atoms with Crippen molar-refractivity contribution < 1.29 is 4.79 Å². The van der Waals surface area contributed by atoms with Crippen molar-refractivity contribution in [2.24, 2.45) is 0 Å². The Morgan fingerprint density at radius 3 is 2.94 bits per heavy atom. The summed E-state index contributed by atoms with van der Waals surface area (Å²) < 4.78 is 0. The van der Waals surface area contributed by atoms with Crippen molar-refractivity contribution in [1.29, 1.82) is 0 Å². The molecule has 1 aromatic carbocycles. The summed E-state index contributed by atoms with van der Waals surface area (Å²) in [5.74, 6) is 0.0803. The lowest BCUT2D eigenvalue weighted by Crippen LogP contribution is -2.46. The van der Waals surface area contributed by atoms with E-state index in [1.54, 1.807) is 7.05 Å². The first-order valence-electron chi connectivity index (χ1n) is 5.80. The minimum Gasteiger partial charge on any atom is -0.360 e. The monoisotopic (exact) mass is 218 g/mol. The van der Waals surface area contributed by atoms with Gasteiger partial charge in [0.2, 0.25) is 5.91 Å². The smallest absolute Gasteiger partial charge is 0.242 e. The van der Waals surface area contributed by atoms with Gasteiger partial charge in [0.15, 0.2) is 0 Å². The van der Waals surface area contributed by atoms with Crippen LogP contribution in [0.1, 0.15) is 18.9 Å². The van der Waals surface area contributed by atoms with Crippen molar-refractivity contribution in [2.75, 3.05) is 18.5 Å². The van der Waals surface area contributed by atoms with E-state index in [1.165, 1.54) is 11.3 Å². The Morgan fingerprint density at radius 1 is 1.44 bits per heavy atom. The topological polar surface area (TPSA) is 32.3 Å². The lowest BCUT2D eigenvalue weighted by Gasteiger charge is -2.35. The number of fused-ring (bicyclic) bond motifs is 1. The van der Waals surface area contributed by atoms with Gasteiger partial charge in [0.05, 0.1) is 0 Å². The Kier molecular flexibility index (Phi) is 3.13. The first-order chi connectivity index (χ1) is 7.74. The number of rotatable bonds is 2. The summed E-state index contributed by atoms with van der Waals surface area (Å²) >= 11 is 0. The maximum absolute atomic E-state index is 11.7. The fourth-order valence-corrected chi connectivity index (χ4v) is 2.32. The van der Waals surface area contributed by atoms with Crippen LogP contribution in [0, 0.1) is 0 Å².